The van der Waals surface area contributed by atoms with Crippen molar-refractivity contribution in [2.75, 3.05) is 52.4 Å². The molecule has 0 saturated carbocycles. The third-order valence-corrected chi connectivity index (χ3v) is 5.61. The normalized spacial score (nSPS) is 20.5. The first-order valence-electron chi connectivity index (χ1n) is 10.1. The molecule has 0 N–H and O–H groups in total. The van der Waals surface area contributed by atoms with Crippen molar-refractivity contribution in [2.45, 2.75) is 45.1 Å². The third-order valence-electron chi connectivity index (χ3n) is 5.61. The van der Waals surface area contributed by atoms with Gasteiger partial charge in [0.05, 0.1) is 0 Å². The van der Waals surface area contributed by atoms with E-state index >= 15 is 0 Å². The number of hydrogen-bond donors (Lipinski definition) is 0. The van der Waals surface area contributed by atoms with Gasteiger partial charge in [-0.3, -0.25) is 4.90 Å². The number of rotatable bonds is 8. The molecular formula is C21H35N3. The van der Waals surface area contributed by atoms with Gasteiger partial charge in [0.2, 0.25) is 0 Å². The lowest BCUT2D eigenvalue weighted by Crippen LogP contribution is -2.41. The second kappa shape index (κ2) is 10.2. The van der Waals surface area contributed by atoms with E-state index in [1.165, 1.54) is 96.4 Å². The van der Waals surface area contributed by atoms with Crippen molar-refractivity contribution in [1.82, 2.24) is 14.7 Å². The topological polar surface area (TPSA) is 9.72 Å². The van der Waals surface area contributed by atoms with E-state index in [2.05, 4.69) is 45.0 Å². The minimum atomic E-state index is 1.10. The number of likely N-dealkylation sites (tertiary alicyclic amines) is 2. The summed E-state index contributed by atoms with van der Waals surface area (Å²) in [5, 5.41) is 0. The molecule has 0 spiro atoms. The van der Waals surface area contributed by atoms with Gasteiger partial charge in [0, 0.05) is 32.7 Å². The molecule has 0 atom stereocenters. The van der Waals surface area contributed by atoms with Crippen LogP contribution in [-0.4, -0.2) is 67.1 Å². The molecule has 24 heavy (non-hydrogen) atoms. The van der Waals surface area contributed by atoms with Gasteiger partial charge >= 0.3 is 0 Å². The molecule has 1 aromatic carbocycles. The highest BCUT2D eigenvalue weighted by Gasteiger charge is 2.15. The summed E-state index contributed by atoms with van der Waals surface area (Å²) in [4.78, 5) is 8.02. The minimum Gasteiger partial charge on any atom is -0.302 e. The second-order valence-electron chi connectivity index (χ2n) is 7.57. The number of benzene rings is 1. The Bertz CT molecular complexity index is 414. The number of hydrogen-bond acceptors (Lipinski definition) is 3. The number of piperidine rings is 2. The standard InChI is InChI=1S/C21H35N3/c1-4-10-21(11-5-1)20-24(18-16-22-12-6-2-7-13-22)19-17-23-14-8-3-9-15-23/h1,4-5,10-11H,2-3,6-9,12-20H2. The zero-order chi connectivity index (χ0) is 16.5. The van der Waals surface area contributed by atoms with E-state index in [1.54, 1.807) is 0 Å². The SMILES string of the molecule is c1ccc(CN(CCN2CCCCC2)CCN2CCCCC2)cc1. The van der Waals surface area contributed by atoms with Gasteiger partial charge in [-0.25, -0.2) is 0 Å². The lowest BCUT2D eigenvalue weighted by atomic mass is 10.1. The average molecular weight is 330 g/mol. The monoisotopic (exact) mass is 329 g/mol. The lowest BCUT2D eigenvalue weighted by Gasteiger charge is -2.32. The van der Waals surface area contributed by atoms with Crippen molar-refractivity contribution in [1.29, 1.82) is 0 Å². The Kier molecular flexibility index (Phi) is 7.59. The van der Waals surface area contributed by atoms with Crippen LogP contribution in [0.4, 0.5) is 0 Å². The Morgan fingerprint density at radius 3 is 1.67 bits per heavy atom. The van der Waals surface area contributed by atoms with Crippen LogP contribution in [0.2, 0.25) is 0 Å². The van der Waals surface area contributed by atoms with Gasteiger partial charge in [-0.2, -0.15) is 0 Å². The van der Waals surface area contributed by atoms with Crippen LogP contribution in [0.1, 0.15) is 44.1 Å². The summed E-state index contributed by atoms with van der Waals surface area (Å²) in [6.07, 6.45) is 8.44. The molecule has 2 fully saturated rings. The van der Waals surface area contributed by atoms with Crippen molar-refractivity contribution in [3.63, 3.8) is 0 Å². The van der Waals surface area contributed by atoms with Crippen LogP contribution in [-0.2, 0) is 6.54 Å². The summed E-state index contributed by atoms with van der Waals surface area (Å²) < 4.78 is 0. The maximum absolute atomic E-state index is 2.68. The molecular weight excluding hydrogens is 294 g/mol. The van der Waals surface area contributed by atoms with E-state index in [1.807, 2.05) is 0 Å². The van der Waals surface area contributed by atoms with Gasteiger partial charge < -0.3 is 9.80 Å². The Hall–Kier alpha value is -0.900. The van der Waals surface area contributed by atoms with Gasteiger partial charge in [-0.1, -0.05) is 43.2 Å². The fraction of sp³-hybridized carbons (Fsp3) is 0.714. The molecule has 0 aromatic heterocycles. The van der Waals surface area contributed by atoms with Crippen molar-refractivity contribution in [2.24, 2.45) is 0 Å². The predicted molar refractivity (Wildman–Crippen MR) is 102 cm³/mol. The zero-order valence-electron chi connectivity index (χ0n) is 15.3. The minimum absolute atomic E-state index is 1.10. The van der Waals surface area contributed by atoms with Crippen molar-refractivity contribution in [3.8, 4) is 0 Å². The fourth-order valence-corrected chi connectivity index (χ4v) is 4.04. The predicted octanol–water partition coefficient (Wildman–Crippen LogP) is 3.46. The smallest absolute Gasteiger partial charge is 0.0234 e. The summed E-state index contributed by atoms with van der Waals surface area (Å²) in [6, 6.07) is 11.0. The second-order valence-corrected chi connectivity index (χ2v) is 7.57. The van der Waals surface area contributed by atoms with Gasteiger partial charge in [-0.05, 0) is 57.4 Å². The Morgan fingerprint density at radius 2 is 1.17 bits per heavy atom. The Labute approximate surface area is 148 Å². The van der Waals surface area contributed by atoms with E-state index in [-0.39, 0.29) is 0 Å². The van der Waals surface area contributed by atoms with E-state index in [9.17, 15) is 0 Å². The molecule has 3 rings (SSSR count). The zero-order valence-corrected chi connectivity index (χ0v) is 15.3. The first kappa shape index (κ1) is 17.9. The Morgan fingerprint density at radius 1 is 0.667 bits per heavy atom. The maximum atomic E-state index is 2.68. The fourth-order valence-electron chi connectivity index (χ4n) is 4.04. The quantitative estimate of drug-likeness (QED) is 0.723. The molecule has 3 heteroatoms. The first-order valence-corrected chi connectivity index (χ1v) is 10.1. The Balaban J connectivity index is 1.48. The summed E-state index contributed by atoms with van der Waals surface area (Å²) in [5.74, 6) is 0. The van der Waals surface area contributed by atoms with E-state index in [4.69, 9.17) is 0 Å². The van der Waals surface area contributed by atoms with Crippen LogP contribution in [0.3, 0.4) is 0 Å². The molecule has 0 unspecified atom stereocenters. The van der Waals surface area contributed by atoms with E-state index in [0.717, 1.165) is 6.54 Å². The average Bonchev–Trinajstić information content (AvgIpc) is 2.66. The molecule has 2 aliphatic rings. The van der Waals surface area contributed by atoms with E-state index < -0.39 is 0 Å². The van der Waals surface area contributed by atoms with Crippen LogP contribution in [0.15, 0.2) is 30.3 Å². The van der Waals surface area contributed by atoms with Crippen molar-refractivity contribution in [3.05, 3.63) is 35.9 Å². The summed E-state index contributed by atoms with van der Waals surface area (Å²) in [6.45, 7) is 11.3. The van der Waals surface area contributed by atoms with Crippen LogP contribution < -0.4 is 0 Å². The van der Waals surface area contributed by atoms with Crippen LogP contribution in [0, 0.1) is 0 Å². The third kappa shape index (κ3) is 6.19. The highest BCUT2D eigenvalue weighted by molar-refractivity contribution is 5.14. The molecule has 2 saturated heterocycles. The summed E-state index contributed by atoms with van der Waals surface area (Å²) >= 11 is 0. The number of nitrogens with zero attached hydrogens (tertiary/aromatic N) is 3. The van der Waals surface area contributed by atoms with Crippen molar-refractivity contribution < 1.29 is 0 Å². The molecule has 1 aromatic rings. The summed E-state index contributed by atoms with van der Waals surface area (Å²) in [5.41, 5.74) is 1.45. The molecule has 3 nitrogen and oxygen atoms in total. The molecule has 134 valence electrons. The van der Waals surface area contributed by atoms with Crippen molar-refractivity contribution >= 4 is 0 Å². The first-order chi connectivity index (χ1) is 11.9. The van der Waals surface area contributed by atoms with Gasteiger partial charge in [-0.15, -0.1) is 0 Å². The highest BCUT2D eigenvalue weighted by atomic mass is 15.2. The molecule has 2 aliphatic heterocycles. The molecule has 0 bridgehead atoms. The van der Waals surface area contributed by atoms with Crippen LogP contribution >= 0.6 is 0 Å². The van der Waals surface area contributed by atoms with E-state index in [0.29, 0.717) is 0 Å². The van der Waals surface area contributed by atoms with Crippen LogP contribution in [0.25, 0.3) is 0 Å². The van der Waals surface area contributed by atoms with Crippen LogP contribution in [0.5, 0.6) is 0 Å². The van der Waals surface area contributed by atoms with Gasteiger partial charge in [0.1, 0.15) is 0 Å². The van der Waals surface area contributed by atoms with Gasteiger partial charge in [0.25, 0.3) is 0 Å². The summed E-state index contributed by atoms with van der Waals surface area (Å²) in [7, 11) is 0. The molecule has 0 aliphatic carbocycles. The van der Waals surface area contributed by atoms with Gasteiger partial charge in [0.15, 0.2) is 0 Å². The largest absolute Gasteiger partial charge is 0.302 e. The maximum Gasteiger partial charge on any atom is 0.0234 e. The highest BCUT2D eigenvalue weighted by Crippen LogP contribution is 2.11. The lowest BCUT2D eigenvalue weighted by molar-refractivity contribution is 0.150. The molecule has 0 radical (unpaired) electrons. The molecule has 2 heterocycles. The molecule has 0 amide bonds.